The SMILES string of the molecule is C#CCCC(=O)NCC(CC)CC. The molecule has 0 aliphatic rings. The molecule has 0 saturated carbocycles. The maximum atomic E-state index is 11.1. The number of carbonyl (C=O) groups is 1. The largest absolute Gasteiger partial charge is 0.356 e. The first-order chi connectivity index (χ1) is 6.24. The minimum Gasteiger partial charge on any atom is -0.356 e. The smallest absolute Gasteiger partial charge is 0.220 e. The summed E-state index contributed by atoms with van der Waals surface area (Å²) in [7, 11) is 0. The molecule has 0 rings (SSSR count). The Bertz CT molecular complexity index is 177. The fraction of sp³-hybridized carbons (Fsp3) is 0.727. The zero-order chi connectivity index (χ0) is 10.1. The second-order valence-electron chi connectivity index (χ2n) is 3.19. The fourth-order valence-corrected chi connectivity index (χ4v) is 1.11. The van der Waals surface area contributed by atoms with Crippen LogP contribution in [0.4, 0.5) is 0 Å². The molecule has 0 unspecified atom stereocenters. The van der Waals surface area contributed by atoms with Gasteiger partial charge in [-0.15, -0.1) is 12.3 Å². The Hall–Kier alpha value is -0.970. The lowest BCUT2D eigenvalue weighted by atomic mass is 10.0. The third-order valence-corrected chi connectivity index (χ3v) is 2.24. The Balaban J connectivity index is 3.51. The molecule has 0 radical (unpaired) electrons. The van der Waals surface area contributed by atoms with Gasteiger partial charge in [-0.2, -0.15) is 0 Å². The normalized spacial score (nSPS) is 9.69. The van der Waals surface area contributed by atoms with E-state index in [4.69, 9.17) is 6.42 Å². The molecule has 0 aliphatic carbocycles. The lowest BCUT2D eigenvalue weighted by Gasteiger charge is -2.12. The van der Waals surface area contributed by atoms with Crippen LogP contribution >= 0.6 is 0 Å². The maximum absolute atomic E-state index is 11.1. The lowest BCUT2D eigenvalue weighted by Crippen LogP contribution is -2.28. The van der Waals surface area contributed by atoms with Gasteiger partial charge in [0.1, 0.15) is 0 Å². The minimum absolute atomic E-state index is 0.0739. The van der Waals surface area contributed by atoms with Gasteiger partial charge in [0.25, 0.3) is 0 Å². The summed E-state index contributed by atoms with van der Waals surface area (Å²) >= 11 is 0. The second-order valence-corrected chi connectivity index (χ2v) is 3.19. The lowest BCUT2D eigenvalue weighted by molar-refractivity contribution is -0.121. The predicted molar refractivity (Wildman–Crippen MR) is 55.1 cm³/mol. The Morgan fingerprint density at radius 2 is 2.08 bits per heavy atom. The maximum Gasteiger partial charge on any atom is 0.220 e. The molecular weight excluding hydrogens is 162 g/mol. The number of nitrogens with one attached hydrogen (secondary N) is 1. The van der Waals surface area contributed by atoms with Crippen molar-refractivity contribution < 1.29 is 4.79 Å². The van der Waals surface area contributed by atoms with E-state index in [1.165, 1.54) is 0 Å². The van der Waals surface area contributed by atoms with Crippen LogP contribution in [0.25, 0.3) is 0 Å². The standard InChI is InChI=1S/C11H19NO/c1-4-7-8-11(13)12-9-10(5-2)6-3/h1,10H,5-9H2,2-3H3,(H,12,13). The van der Waals surface area contributed by atoms with Crippen molar-refractivity contribution in [3.05, 3.63) is 0 Å². The highest BCUT2D eigenvalue weighted by atomic mass is 16.1. The molecule has 0 aromatic rings. The van der Waals surface area contributed by atoms with E-state index < -0.39 is 0 Å². The molecule has 2 nitrogen and oxygen atoms in total. The number of rotatable bonds is 6. The van der Waals surface area contributed by atoms with Crippen LogP contribution in [-0.2, 0) is 4.79 Å². The van der Waals surface area contributed by atoms with Crippen LogP contribution in [-0.4, -0.2) is 12.5 Å². The van der Waals surface area contributed by atoms with Gasteiger partial charge in [0.15, 0.2) is 0 Å². The van der Waals surface area contributed by atoms with Crippen LogP contribution in [0.1, 0.15) is 39.5 Å². The van der Waals surface area contributed by atoms with Crippen molar-refractivity contribution in [3.8, 4) is 12.3 Å². The van der Waals surface area contributed by atoms with Gasteiger partial charge in [-0.3, -0.25) is 4.79 Å². The molecule has 0 atom stereocenters. The Labute approximate surface area is 81.1 Å². The van der Waals surface area contributed by atoms with Crippen molar-refractivity contribution in [2.75, 3.05) is 6.54 Å². The average Bonchev–Trinajstić information content (AvgIpc) is 2.16. The van der Waals surface area contributed by atoms with Gasteiger partial charge < -0.3 is 5.32 Å². The first-order valence-corrected chi connectivity index (χ1v) is 4.94. The van der Waals surface area contributed by atoms with E-state index in [0.717, 1.165) is 19.4 Å². The van der Waals surface area contributed by atoms with Crippen LogP contribution < -0.4 is 5.32 Å². The number of terminal acetylenes is 1. The quantitative estimate of drug-likeness (QED) is 0.623. The number of hydrogen-bond acceptors (Lipinski definition) is 1. The van der Waals surface area contributed by atoms with Gasteiger partial charge in [0, 0.05) is 19.4 Å². The van der Waals surface area contributed by atoms with Crippen LogP contribution in [0.15, 0.2) is 0 Å². The van der Waals surface area contributed by atoms with E-state index in [1.54, 1.807) is 0 Å². The highest BCUT2D eigenvalue weighted by molar-refractivity contribution is 5.76. The van der Waals surface area contributed by atoms with E-state index in [0.29, 0.717) is 18.8 Å². The average molecular weight is 181 g/mol. The van der Waals surface area contributed by atoms with E-state index in [1.807, 2.05) is 0 Å². The molecule has 0 saturated heterocycles. The second kappa shape index (κ2) is 7.67. The van der Waals surface area contributed by atoms with Gasteiger partial charge >= 0.3 is 0 Å². The van der Waals surface area contributed by atoms with Crippen molar-refractivity contribution >= 4 is 5.91 Å². The molecule has 1 amide bonds. The van der Waals surface area contributed by atoms with Gasteiger partial charge in [-0.05, 0) is 5.92 Å². The third kappa shape index (κ3) is 6.21. The molecule has 0 aromatic heterocycles. The monoisotopic (exact) mass is 181 g/mol. The van der Waals surface area contributed by atoms with E-state index >= 15 is 0 Å². The Morgan fingerprint density at radius 1 is 1.46 bits per heavy atom. The van der Waals surface area contributed by atoms with Crippen molar-refractivity contribution in [3.63, 3.8) is 0 Å². The molecule has 0 bridgehead atoms. The van der Waals surface area contributed by atoms with Crippen molar-refractivity contribution in [2.24, 2.45) is 5.92 Å². The van der Waals surface area contributed by atoms with Crippen LogP contribution in [0.2, 0.25) is 0 Å². The number of hydrogen-bond donors (Lipinski definition) is 1. The molecule has 13 heavy (non-hydrogen) atoms. The van der Waals surface area contributed by atoms with Gasteiger partial charge in [0.2, 0.25) is 5.91 Å². The zero-order valence-electron chi connectivity index (χ0n) is 8.60. The molecule has 0 spiro atoms. The summed E-state index contributed by atoms with van der Waals surface area (Å²) in [6, 6.07) is 0. The molecule has 2 heteroatoms. The van der Waals surface area contributed by atoms with E-state index in [9.17, 15) is 4.79 Å². The third-order valence-electron chi connectivity index (χ3n) is 2.24. The highest BCUT2D eigenvalue weighted by Gasteiger charge is 2.05. The first kappa shape index (κ1) is 12.0. The summed E-state index contributed by atoms with van der Waals surface area (Å²) in [6.07, 6.45) is 8.28. The summed E-state index contributed by atoms with van der Waals surface area (Å²) in [5.41, 5.74) is 0. The Kier molecular flexibility index (Phi) is 7.10. The van der Waals surface area contributed by atoms with Crippen LogP contribution in [0.5, 0.6) is 0 Å². The zero-order valence-corrected chi connectivity index (χ0v) is 8.60. The summed E-state index contributed by atoms with van der Waals surface area (Å²) < 4.78 is 0. The van der Waals surface area contributed by atoms with Crippen molar-refractivity contribution in [1.29, 1.82) is 0 Å². The molecule has 0 fully saturated rings. The van der Waals surface area contributed by atoms with Crippen LogP contribution in [0.3, 0.4) is 0 Å². The summed E-state index contributed by atoms with van der Waals surface area (Å²) in [5.74, 6) is 3.13. The number of carbonyl (C=O) groups excluding carboxylic acids is 1. The minimum atomic E-state index is 0.0739. The van der Waals surface area contributed by atoms with Gasteiger partial charge in [0.05, 0.1) is 0 Å². The summed E-state index contributed by atoms with van der Waals surface area (Å²) in [5, 5.41) is 2.88. The van der Waals surface area contributed by atoms with Crippen molar-refractivity contribution in [1.82, 2.24) is 5.32 Å². The molecule has 0 heterocycles. The van der Waals surface area contributed by atoms with E-state index in [-0.39, 0.29) is 5.91 Å². The number of amides is 1. The molecular formula is C11H19NO. The molecule has 0 aliphatic heterocycles. The summed E-state index contributed by atoms with van der Waals surface area (Å²) in [6.45, 7) is 5.07. The summed E-state index contributed by atoms with van der Waals surface area (Å²) in [4.78, 5) is 11.1. The van der Waals surface area contributed by atoms with Gasteiger partial charge in [-0.1, -0.05) is 26.7 Å². The van der Waals surface area contributed by atoms with Crippen LogP contribution in [0, 0.1) is 18.3 Å². The molecule has 74 valence electrons. The molecule has 0 aromatic carbocycles. The van der Waals surface area contributed by atoms with Gasteiger partial charge in [-0.25, -0.2) is 0 Å². The van der Waals surface area contributed by atoms with Crippen molar-refractivity contribution in [2.45, 2.75) is 39.5 Å². The van der Waals surface area contributed by atoms with E-state index in [2.05, 4.69) is 25.1 Å². The highest BCUT2D eigenvalue weighted by Crippen LogP contribution is 2.05. The Morgan fingerprint density at radius 3 is 2.54 bits per heavy atom. The molecule has 1 N–H and O–H groups in total. The predicted octanol–water partition coefficient (Wildman–Crippen LogP) is 1.95. The first-order valence-electron chi connectivity index (χ1n) is 4.94. The topological polar surface area (TPSA) is 29.1 Å². The fourth-order valence-electron chi connectivity index (χ4n) is 1.11.